The standard InChI is InChI=1S/C27H21N3OS/c1-17-12-14-19(15-13-17)24-16-22(21-10-6-7-11-23(21)28-24)26(31)30-27-29-25(18(2)32-27)20-8-4-3-5-9-20/h3-16H,1-2H3,(H,29,30,31). The first-order chi connectivity index (χ1) is 15.6. The van der Waals surface area contributed by atoms with Crippen molar-refractivity contribution in [2.45, 2.75) is 13.8 Å². The van der Waals surface area contributed by atoms with Crippen LogP contribution in [0.5, 0.6) is 0 Å². The van der Waals surface area contributed by atoms with Gasteiger partial charge in [0.2, 0.25) is 0 Å². The number of hydrogen-bond donors (Lipinski definition) is 1. The molecule has 0 aliphatic carbocycles. The van der Waals surface area contributed by atoms with Gasteiger partial charge in [0.25, 0.3) is 5.91 Å². The summed E-state index contributed by atoms with van der Waals surface area (Å²) >= 11 is 1.48. The molecule has 4 nitrogen and oxygen atoms in total. The highest BCUT2D eigenvalue weighted by atomic mass is 32.1. The Morgan fingerprint density at radius 1 is 0.812 bits per heavy atom. The molecule has 2 aromatic heterocycles. The Morgan fingerprint density at radius 3 is 2.31 bits per heavy atom. The summed E-state index contributed by atoms with van der Waals surface area (Å²) in [7, 11) is 0. The van der Waals surface area contributed by atoms with E-state index in [9.17, 15) is 4.79 Å². The van der Waals surface area contributed by atoms with E-state index in [1.807, 2.05) is 79.7 Å². The lowest BCUT2D eigenvalue weighted by Gasteiger charge is -2.10. The number of para-hydroxylation sites is 1. The van der Waals surface area contributed by atoms with Crippen LogP contribution in [0.4, 0.5) is 5.13 Å². The second kappa shape index (κ2) is 8.36. The second-order valence-corrected chi connectivity index (χ2v) is 8.89. The molecule has 156 valence electrons. The maximum absolute atomic E-state index is 13.4. The predicted molar refractivity (Wildman–Crippen MR) is 132 cm³/mol. The number of nitrogens with zero attached hydrogens (tertiary/aromatic N) is 2. The Labute approximate surface area is 190 Å². The molecule has 0 bridgehead atoms. The molecule has 5 heteroatoms. The average Bonchev–Trinajstić information content (AvgIpc) is 3.19. The van der Waals surface area contributed by atoms with Gasteiger partial charge in [0.15, 0.2) is 5.13 Å². The van der Waals surface area contributed by atoms with Crippen LogP contribution >= 0.6 is 11.3 Å². The van der Waals surface area contributed by atoms with Crippen LogP contribution in [0.3, 0.4) is 0 Å². The van der Waals surface area contributed by atoms with Crippen molar-refractivity contribution < 1.29 is 4.79 Å². The third-order valence-corrected chi connectivity index (χ3v) is 6.26. The summed E-state index contributed by atoms with van der Waals surface area (Å²) in [6.07, 6.45) is 0. The first-order valence-electron chi connectivity index (χ1n) is 10.4. The largest absolute Gasteiger partial charge is 0.298 e. The first-order valence-corrected chi connectivity index (χ1v) is 11.2. The number of benzene rings is 3. The number of nitrogens with one attached hydrogen (secondary N) is 1. The number of aromatic nitrogens is 2. The fraction of sp³-hybridized carbons (Fsp3) is 0.0741. The fourth-order valence-corrected chi connectivity index (χ4v) is 4.54. The molecular weight excluding hydrogens is 414 g/mol. The number of anilines is 1. The number of fused-ring (bicyclic) bond motifs is 1. The van der Waals surface area contributed by atoms with E-state index in [-0.39, 0.29) is 5.91 Å². The van der Waals surface area contributed by atoms with Gasteiger partial charge >= 0.3 is 0 Å². The predicted octanol–water partition coefficient (Wildman–Crippen LogP) is 6.89. The third kappa shape index (κ3) is 3.90. The van der Waals surface area contributed by atoms with Crippen molar-refractivity contribution in [1.82, 2.24) is 9.97 Å². The summed E-state index contributed by atoms with van der Waals surface area (Å²) < 4.78 is 0. The van der Waals surface area contributed by atoms with Gasteiger partial charge < -0.3 is 0 Å². The normalized spacial score (nSPS) is 10.9. The molecule has 0 spiro atoms. The van der Waals surface area contributed by atoms with Crippen molar-refractivity contribution in [3.05, 3.63) is 101 Å². The van der Waals surface area contributed by atoms with E-state index in [2.05, 4.69) is 29.4 Å². The highest BCUT2D eigenvalue weighted by Gasteiger charge is 2.17. The molecule has 1 N–H and O–H groups in total. The molecular formula is C27H21N3OS. The minimum Gasteiger partial charge on any atom is -0.298 e. The fourth-order valence-electron chi connectivity index (χ4n) is 3.71. The molecule has 0 radical (unpaired) electrons. The summed E-state index contributed by atoms with van der Waals surface area (Å²) in [5, 5.41) is 4.41. The number of thiazole rings is 1. The van der Waals surface area contributed by atoms with Crippen LogP contribution in [-0.4, -0.2) is 15.9 Å². The number of aryl methyl sites for hydroxylation is 2. The van der Waals surface area contributed by atoms with E-state index in [0.29, 0.717) is 10.7 Å². The number of carbonyl (C=O) groups is 1. The van der Waals surface area contributed by atoms with E-state index in [1.165, 1.54) is 16.9 Å². The smallest absolute Gasteiger partial charge is 0.258 e. The SMILES string of the molecule is Cc1ccc(-c2cc(C(=O)Nc3nc(-c4ccccc4)c(C)s3)c3ccccc3n2)cc1. The molecule has 1 amide bonds. The summed E-state index contributed by atoms with van der Waals surface area (Å²) in [6.45, 7) is 4.07. The zero-order chi connectivity index (χ0) is 22.1. The molecule has 0 aliphatic rings. The Hall–Kier alpha value is -3.83. The van der Waals surface area contributed by atoms with E-state index in [1.54, 1.807) is 0 Å². The number of hydrogen-bond acceptors (Lipinski definition) is 4. The van der Waals surface area contributed by atoms with Gasteiger partial charge in [-0.3, -0.25) is 10.1 Å². The second-order valence-electron chi connectivity index (χ2n) is 7.68. The zero-order valence-electron chi connectivity index (χ0n) is 17.8. The minimum atomic E-state index is -0.190. The zero-order valence-corrected chi connectivity index (χ0v) is 18.6. The highest BCUT2D eigenvalue weighted by Crippen LogP contribution is 2.31. The van der Waals surface area contributed by atoms with Crippen molar-refractivity contribution in [2.24, 2.45) is 0 Å². The number of pyridine rings is 1. The number of amides is 1. The Kier molecular flexibility index (Phi) is 5.25. The molecule has 5 rings (SSSR count). The molecule has 0 aliphatic heterocycles. The van der Waals surface area contributed by atoms with Crippen molar-refractivity contribution >= 4 is 33.3 Å². The summed E-state index contributed by atoms with van der Waals surface area (Å²) in [4.78, 5) is 23.9. The van der Waals surface area contributed by atoms with Crippen LogP contribution in [0.2, 0.25) is 0 Å². The summed E-state index contributed by atoms with van der Waals surface area (Å²) in [5.74, 6) is -0.190. The van der Waals surface area contributed by atoms with Crippen molar-refractivity contribution in [3.63, 3.8) is 0 Å². The maximum atomic E-state index is 13.4. The van der Waals surface area contributed by atoms with Crippen LogP contribution in [0, 0.1) is 13.8 Å². The van der Waals surface area contributed by atoms with Crippen molar-refractivity contribution in [1.29, 1.82) is 0 Å². The monoisotopic (exact) mass is 435 g/mol. The lowest BCUT2D eigenvalue weighted by atomic mass is 10.0. The molecule has 0 atom stereocenters. The maximum Gasteiger partial charge on any atom is 0.258 e. The molecule has 0 unspecified atom stereocenters. The lowest BCUT2D eigenvalue weighted by molar-refractivity contribution is 0.102. The van der Waals surface area contributed by atoms with Crippen LogP contribution in [-0.2, 0) is 0 Å². The van der Waals surface area contributed by atoms with Gasteiger partial charge in [-0.05, 0) is 26.0 Å². The molecule has 0 saturated heterocycles. The topological polar surface area (TPSA) is 54.9 Å². The Balaban J connectivity index is 1.53. The quantitative estimate of drug-likeness (QED) is 0.334. The van der Waals surface area contributed by atoms with E-state index < -0.39 is 0 Å². The number of carbonyl (C=O) groups excluding carboxylic acids is 1. The third-order valence-electron chi connectivity index (χ3n) is 5.37. The van der Waals surface area contributed by atoms with Crippen LogP contribution in [0.25, 0.3) is 33.4 Å². The van der Waals surface area contributed by atoms with Crippen LogP contribution in [0.15, 0.2) is 84.9 Å². The summed E-state index contributed by atoms with van der Waals surface area (Å²) in [5.41, 5.74) is 6.24. The van der Waals surface area contributed by atoms with Gasteiger partial charge in [-0.25, -0.2) is 9.97 Å². The Morgan fingerprint density at radius 2 is 1.53 bits per heavy atom. The van der Waals surface area contributed by atoms with Gasteiger partial charge in [0.05, 0.1) is 22.5 Å². The lowest BCUT2D eigenvalue weighted by Crippen LogP contribution is -2.13. The number of rotatable bonds is 4. The van der Waals surface area contributed by atoms with Gasteiger partial charge in [0.1, 0.15) is 0 Å². The average molecular weight is 436 g/mol. The van der Waals surface area contributed by atoms with Gasteiger partial charge in [0, 0.05) is 21.4 Å². The van der Waals surface area contributed by atoms with Crippen LogP contribution in [0.1, 0.15) is 20.8 Å². The van der Waals surface area contributed by atoms with E-state index >= 15 is 0 Å². The van der Waals surface area contributed by atoms with Gasteiger partial charge in [-0.1, -0.05) is 78.4 Å². The Bertz CT molecular complexity index is 1420. The highest BCUT2D eigenvalue weighted by molar-refractivity contribution is 7.16. The molecule has 2 heterocycles. The van der Waals surface area contributed by atoms with Gasteiger partial charge in [-0.15, -0.1) is 11.3 Å². The van der Waals surface area contributed by atoms with Crippen molar-refractivity contribution in [2.75, 3.05) is 5.32 Å². The molecule has 32 heavy (non-hydrogen) atoms. The molecule has 0 fully saturated rings. The van der Waals surface area contributed by atoms with E-state index in [4.69, 9.17) is 4.98 Å². The molecule has 3 aromatic carbocycles. The molecule has 5 aromatic rings. The van der Waals surface area contributed by atoms with E-state index in [0.717, 1.165) is 38.3 Å². The summed E-state index contributed by atoms with van der Waals surface area (Å²) in [6, 6.07) is 27.8. The van der Waals surface area contributed by atoms with Crippen LogP contribution < -0.4 is 5.32 Å². The van der Waals surface area contributed by atoms with Gasteiger partial charge in [-0.2, -0.15) is 0 Å². The van der Waals surface area contributed by atoms with Crippen molar-refractivity contribution in [3.8, 4) is 22.5 Å². The molecule has 0 saturated carbocycles. The minimum absolute atomic E-state index is 0.190. The first kappa shape index (κ1) is 20.1.